The van der Waals surface area contributed by atoms with Gasteiger partial charge in [0.2, 0.25) is 5.91 Å². The highest BCUT2D eigenvalue weighted by Gasteiger charge is 2.19. The molecular formula is C19H15N3O2S2. The molecule has 1 atom stereocenters. The lowest BCUT2D eigenvalue weighted by molar-refractivity contribution is -0.115. The van der Waals surface area contributed by atoms with Gasteiger partial charge in [0.1, 0.15) is 5.52 Å². The van der Waals surface area contributed by atoms with Crippen LogP contribution >= 0.6 is 23.1 Å². The van der Waals surface area contributed by atoms with E-state index in [1.54, 1.807) is 0 Å². The highest BCUT2D eigenvalue weighted by molar-refractivity contribution is 8.00. The standard InChI is InChI=1S/C19H15N3O2S2/c1-12(26-19-21-14-9-5-6-10-16(14)24-19)17(23)22-18-20-15(11-25-18)13-7-3-2-4-8-13/h2-12H,1H3,(H,20,22,23)/t12-/m0/s1. The fraction of sp³-hybridized carbons (Fsp3) is 0.105. The van der Waals surface area contributed by atoms with Crippen LogP contribution in [0.2, 0.25) is 0 Å². The van der Waals surface area contributed by atoms with Crippen LogP contribution in [0, 0.1) is 0 Å². The van der Waals surface area contributed by atoms with Crippen LogP contribution in [0.5, 0.6) is 0 Å². The number of thiazole rings is 1. The number of para-hydroxylation sites is 2. The summed E-state index contributed by atoms with van der Waals surface area (Å²) in [6.07, 6.45) is 0. The molecule has 26 heavy (non-hydrogen) atoms. The first-order valence-corrected chi connectivity index (χ1v) is 9.79. The molecule has 2 aromatic carbocycles. The summed E-state index contributed by atoms with van der Waals surface area (Å²) in [4.78, 5) is 21.3. The molecule has 5 nitrogen and oxygen atoms in total. The molecule has 0 bridgehead atoms. The molecule has 4 rings (SSSR count). The van der Waals surface area contributed by atoms with Crippen molar-refractivity contribution in [1.29, 1.82) is 0 Å². The number of rotatable bonds is 5. The molecule has 0 aliphatic heterocycles. The largest absolute Gasteiger partial charge is 0.431 e. The zero-order valence-corrected chi connectivity index (χ0v) is 15.5. The van der Waals surface area contributed by atoms with Crippen LogP contribution in [0.15, 0.2) is 69.6 Å². The Morgan fingerprint density at radius 1 is 1.12 bits per heavy atom. The van der Waals surface area contributed by atoms with Crippen molar-refractivity contribution in [3.8, 4) is 11.3 Å². The average molecular weight is 381 g/mol. The van der Waals surface area contributed by atoms with Crippen LogP contribution in [0.3, 0.4) is 0 Å². The third-order valence-corrected chi connectivity index (χ3v) is 5.43. The Morgan fingerprint density at radius 3 is 2.69 bits per heavy atom. The number of oxazole rings is 1. The fourth-order valence-corrected chi connectivity index (χ4v) is 3.87. The molecule has 0 radical (unpaired) electrons. The molecule has 4 aromatic rings. The van der Waals surface area contributed by atoms with Crippen molar-refractivity contribution >= 4 is 45.2 Å². The number of benzene rings is 2. The van der Waals surface area contributed by atoms with E-state index in [1.807, 2.05) is 66.9 Å². The van der Waals surface area contributed by atoms with Gasteiger partial charge in [0, 0.05) is 10.9 Å². The molecule has 0 saturated carbocycles. The van der Waals surface area contributed by atoms with Gasteiger partial charge in [0.25, 0.3) is 5.22 Å². The average Bonchev–Trinajstić information content (AvgIpc) is 3.28. The number of fused-ring (bicyclic) bond motifs is 1. The number of nitrogens with one attached hydrogen (secondary N) is 1. The smallest absolute Gasteiger partial charge is 0.257 e. The van der Waals surface area contributed by atoms with Crippen molar-refractivity contribution < 1.29 is 9.21 Å². The SMILES string of the molecule is C[C@H](Sc1nc2ccccc2o1)C(=O)Nc1nc(-c2ccccc2)cs1. The lowest BCUT2D eigenvalue weighted by Crippen LogP contribution is -2.22. The van der Waals surface area contributed by atoms with Gasteiger partial charge in [-0.1, -0.05) is 54.2 Å². The third-order valence-electron chi connectivity index (χ3n) is 3.72. The molecular weight excluding hydrogens is 366 g/mol. The van der Waals surface area contributed by atoms with Crippen molar-refractivity contribution in [2.45, 2.75) is 17.4 Å². The lowest BCUT2D eigenvalue weighted by atomic mass is 10.2. The maximum Gasteiger partial charge on any atom is 0.257 e. The van der Waals surface area contributed by atoms with E-state index in [4.69, 9.17) is 4.42 Å². The predicted molar refractivity (Wildman–Crippen MR) is 106 cm³/mol. The number of carbonyl (C=O) groups excluding carboxylic acids is 1. The van der Waals surface area contributed by atoms with E-state index in [9.17, 15) is 4.79 Å². The van der Waals surface area contributed by atoms with Crippen molar-refractivity contribution in [1.82, 2.24) is 9.97 Å². The van der Waals surface area contributed by atoms with Crippen LogP contribution < -0.4 is 5.32 Å². The normalized spacial score (nSPS) is 12.2. The molecule has 2 aromatic heterocycles. The summed E-state index contributed by atoms with van der Waals surface area (Å²) in [6.45, 7) is 1.82. The van der Waals surface area contributed by atoms with E-state index in [2.05, 4.69) is 15.3 Å². The molecule has 1 N–H and O–H groups in total. The number of hydrogen-bond donors (Lipinski definition) is 1. The number of carbonyl (C=O) groups is 1. The van der Waals surface area contributed by atoms with Crippen molar-refractivity contribution in [2.75, 3.05) is 5.32 Å². The second-order valence-corrected chi connectivity index (χ2v) is 7.75. The summed E-state index contributed by atoms with van der Waals surface area (Å²) in [5.41, 5.74) is 3.38. The van der Waals surface area contributed by atoms with Gasteiger partial charge in [-0.25, -0.2) is 9.97 Å². The zero-order chi connectivity index (χ0) is 17.9. The minimum Gasteiger partial charge on any atom is -0.431 e. The fourth-order valence-electron chi connectivity index (χ4n) is 2.39. The second kappa shape index (κ2) is 7.31. The summed E-state index contributed by atoms with van der Waals surface area (Å²) >= 11 is 2.70. The first-order chi connectivity index (χ1) is 12.7. The molecule has 130 valence electrons. The lowest BCUT2D eigenvalue weighted by Gasteiger charge is -2.07. The molecule has 0 fully saturated rings. The van der Waals surface area contributed by atoms with Gasteiger partial charge in [-0.2, -0.15) is 0 Å². The molecule has 1 amide bonds. The van der Waals surface area contributed by atoms with Gasteiger partial charge in [0.15, 0.2) is 10.7 Å². The van der Waals surface area contributed by atoms with E-state index in [0.717, 1.165) is 22.4 Å². The molecule has 0 aliphatic carbocycles. The minimum atomic E-state index is -0.355. The van der Waals surface area contributed by atoms with Crippen LogP contribution in [0.4, 0.5) is 5.13 Å². The predicted octanol–water partition coefficient (Wildman–Crippen LogP) is 5.07. The summed E-state index contributed by atoms with van der Waals surface area (Å²) < 4.78 is 5.66. The first kappa shape index (κ1) is 16.8. The van der Waals surface area contributed by atoms with Gasteiger partial charge >= 0.3 is 0 Å². The molecule has 0 saturated heterocycles. The second-order valence-electron chi connectivity index (χ2n) is 5.60. The monoisotopic (exact) mass is 381 g/mol. The molecule has 0 aliphatic rings. The van der Waals surface area contributed by atoms with Gasteiger partial charge in [0.05, 0.1) is 10.9 Å². The van der Waals surface area contributed by atoms with E-state index in [1.165, 1.54) is 23.1 Å². The van der Waals surface area contributed by atoms with Crippen LogP contribution in [0.25, 0.3) is 22.4 Å². The van der Waals surface area contributed by atoms with Gasteiger partial charge in [-0.15, -0.1) is 11.3 Å². The Morgan fingerprint density at radius 2 is 1.88 bits per heavy atom. The Balaban J connectivity index is 1.42. The Labute approximate surface area is 158 Å². The summed E-state index contributed by atoms with van der Waals surface area (Å²) in [7, 11) is 0. The highest BCUT2D eigenvalue weighted by atomic mass is 32.2. The quantitative estimate of drug-likeness (QED) is 0.489. The van der Waals surface area contributed by atoms with Crippen LogP contribution in [-0.2, 0) is 4.79 Å². The number of anilines is 1. The van der Waals surface area contributed by atoms with Crippen LogP contribution in [-0.4, -0.2) is 21.1 Å². The van der Waals surface area contributed by atoms with Crippen LogP contribution in [0.1, 0.15) is 6.92 Å². The number of nitrogens with zero attached hydrogens (tertiary/aromatic N) is 2. The third kappa shape index (κ3) is 3.63. The highest BCUT2D eigenvalue weighted by Crippen LogP contribution is 2.28. The maximum atomic E-state index is 12.4. The van der Waals surface area contributed by atoms with Crippen molar-refractivity contribution in [3.05, 3.63) is 60.0 Å². The molecule has 0 spiro atoms. The van der Waals surface area contributed by atoms with E-state index in [-0.39, 0.29) is 11.2 Å². The molecule has 2 heterocycles. The van der Waals surface area contributed by atoms with Gasteiger partial charge < -0.3 is 9.73 Å². The van der Waals surface area contributed by atoms with Crippen molar-refractivity contribution in [2.24, 2.45) is 0 Å². The van der Waals surface area contributed by atoms with Gasteiger partial charge in [-0.05, 0) is 19.1 Å². The number of thioether (sulfide) groups is 1. The van der Waals surface area contributed by atoms with E-state index in [0.29, 0.717) is 10.4 Å². The number of hydrogen-bond acceptors (Lipinski definition) is 6. The minimum absolute atomic E-state index is 0.133. The van der Waals surface area contributed by atoms with E-state index < -0.39 is 0 Å². The van der Waals surface area contributed by atoms with Crippen molar-refractivity contribution in [3.63, 3.8) is 0 Å². The first-order valence-electron chi connectivity index (χ1n) is 8.03. The van der Waals surface area contributed by atoms with Gasteiger partial charge in [-0.3, -0.25) is 4.79 Å². The Bertz CT molecular complexity index is 1010. The summed E-state index contributed by atoms with van der Waals surface area (Å²) in [5, 5.41) is 5.51. The molecule has 7 heteroatoms. The summed E-state index contributed by atoms with van der Waals surface area (Å²) in [5.74, 6) is -0.133. The molecule has 0 unspecified atom stereocenters. The zero-order valence-electron chi connectivity index (χ0n) is 13.9. The topological polar surface area (TPSA) is 68.0 Å². The summed E-state index contributed by atoms with van der Waals surface area (Å²) in [6, 6.07) is 17.4. The number of amides is 1. The maximum absolute atomic E-state index is 12.4. The Kier molecular flexibility index (Phi) is 4.73. The Hall–Kier alpha value is -2.64. The van der Waals surface area contributed by atoms with E-state index >= 15 is 0 Å². The number of aromatic nitrogens is 2.